The highest BCUT2D eigenvalue weighted by Gasteiger charge is 2.38. The van der Waals surface area contributed by atoms with Crippen molar-refractivity contribution < 1.29 is 12.6 Å². The Kier molecular flexibility index (Phi) is 3.05. The molecule has 0 aromatic carbocycles. The summed E-state index contributed by atoms with van der Waals surface area (Å²) in [5.74, 6) is 0. The fraction of sp³-hybridized carbons (Fsp3) is 1.00. The van der Waals surface area contributed by atoms with Crippen LogP contribution in [0.2, 0.25) is 0 Å². The van der Waals surface area contributed by atoms with Gasteiger partial charge in [-0.1, -0.05) is 0 Å². The zero-order valence-corrected chi connectivity index (χ0v) is 10.1. The first kappa shape index (κ1) is 11.4. The van der Waals surface area contributed by atoms with E-state index in [9.17, 15) is 8.42 Å². The van der Waals surface area contributed by atoms with E-state index in [1.54, 1.807) is 0 Å². The normalized spacial score (nSPS) is 35.7. The molecule has 0 unspecified atom stereocenters. The summed E-state index contributed by atoms with van der Waals surface area (Å²) in [6.07, 6.45) is 5.64. The summed E-state index contributed by atoms with van der Waals surface area (Å²) in [5, 5.41) is 0. The second kappa shape index (κ2) is 4.03. The van der Waals surface area contributed by atoms with Crippen molar-refractivity contribution in [3.05, 3.63) is 0 Å². The molecule has 4 nitrogen and oxygen atoms in total. The summed E-state index contributed by atoms with van der Waals surface area (Å²) in [5.41, 5.74) is 0.374. The van der Waals surface area contributed by atoms with Gasteiger partial charge < -0.3 is 4.90 Å². The topological polar surface area (TPSA) is 46.6 Å². The Hall–Kier alpha value is -0.130. The van der Waals surface area contributed by atoms with Crippen LogP contribution in [0, 0.1) is 5.41 Å². The minimum absolute atomic E-state index is 0.360. The zero-order valence-electron chi connectivity index (χ0n) is 9.24. The maximum absolute atomic E-state index is 10.8. The summed E-state index contributed by atoms with van der Waals surface area (Å²) in [7, 11) is -3.26. The SMILES string of the molecule is CS(=O)(=O)OCCC12CCN(CC1)CC2. The van der Waals surface area contributed by atoms with Gasteiger partial charge in [0, 0.05) is 0 Å². The Morgan fingerprint density at radius 1 is 1.20 bits per heavy atom. The first-order valence-corrected chi connectivity index (χ1v) is 7.38. The molecule has 3 rings (SSSR count). The molecule has 0 radical (unpaired) electrons. The lowest BCUT2D eigenvalue weighted by atomic mass is 9.70. The first-order chi connectivity index (χ1) is 6.99. The van der Waals surface area contributed by atoms with Crippen LogP contribution in [0.1, 0.15) is 25.7 Å². The molecular weight excluding hydrogens is 214 g/mol. The molecule has 0 N–H and O–H groups in total. The Bertz CT molecular complexity index is 304. The molecule has 0 aliphatic carbocycles. The van der Waals surface area contributed by atoms with Crippen molar-refractivity contribution in [1.29, 1.82) is 0 Å². The lowest BCUT2D eigenvalue weighted by Gasteiger charge is -2.48. The van der Waals surface area contributed by atoms with Crippen molar-refractivity contribution in [1.82, 2.24) is 4.90 Å². The Morgan fingerprint density at radius 2 is 1.73 bits per heavy atom. The Balaban J connectivity index is 1.83. The van der Waals surface area contributed by atoms with E-state index in [1.165, 1.54) is 38.9 Å². The van der Waals surface area contributed by atoms with Crippen LogP contribution < -0.4 is 0 Å². The molecule has 2 bridgehead atoms. The van der Waals surface area contributed by atoms with Crippen molar-refractivity contribution in [2.24, 2.45) is 5.41 Å². The zero-order chi connectivity index (χ0) is 10.9. The average molecular weight is 233 g/mol. The van der Waals surface area contributed by atoms with Gasteiger partial charge in [-0.2, -0.15) is 8.42 Å². The van der Waals surface area contributed by atoms with Gasteiger partial charge in [0.1, 0.15) is 0 Å². The van der Waals surface area contributed by atoms with Gasteiger partial charge in [0.25, 0.3) is 10.1 Å². The van der Waals surface area contributed by atoms with Gasteiger partial charge in [-0.3, -0.25) is 4.18 Å². The number of nitrogens with zero attached hydrogens (tertiary/aromatic N) is 1. The van der Waals surface area contributed by atoms with Gasteiger partial charge in [0.2, 0.25) is 0 Å². The molecular formula is C10H19NO3S. The lowest BCUT2D eigenvalue weighted by Crippen LogP contribution is -2.48. The van der Waals surface area contributed by atoms with Crippen LogP contribution in [-0.4, -0.2) is 45.8 Å². The number of rotatable bonds is 4. The molecule has 15 heavy (non-hydrogen) atoms. The number of fused-ring (bicyclic) bond motifs is 3. The summed E-state index contributed by atoms with van der Waals surface area (Å²) in [6, 6.07) is 0. The third-order valence-electron chi connectivity index (χ3n) is 3.80. The van der Waals surface area contributed by atoms with E-state index >= 15 is 0 Å². The third-order valence-corrected chi connectivity index (χ3v) is 4.40. The average Bonchev–Trinajstić information content (AvgIpc) is 2.18. The highest BCUT2D eigenvalue weighted by Crippen LogP contribution is 2.42. The molecule has 0 amide bonds. The smallest absolute Gasteiger partial charge is 0.264 e. The van der Waals surface area contributed by atoms with Crippen LogP contribution >= 0.6 is 0 Å². The maximum atomic E-state index is 10.8. The molecule has 88 valence electrons. The van der Waals surface area contributed by atoms with Crippen molar-refractivity contribution in [2.75, 3.05) is 32.5 Å². The minimum atomic E-state index is -3.26. The van der Waals surface area contributed by atoms with E-state index in [0.29, 0.717) is 12.0 Å². The summed E-state index contributed by atoms with van der Waals surface area (Å²) in [4.78, 5) is 2.49. The van der Waals surface area contributed by atoms with Gasteiger partial charge in [-0.05, 0) is 50.7 Å². The van der Waals surface area contributed by atoms with Crippen LogP contribution in [0.15, 0.2) is 0 Å². The minimum Gasteiger partial charge on any atom is -0.303 e. The second-order valence-electron chi connectivity index (χ2n) is 4.87. The molecule has 0 aromatic heterocycles. The highest BCUT2D eigenvalue weighted by atomic mass is 32.2. The number of piperidine rings is 3. The summed E-state index contributed by atoms with van der Waals surface area (Å²) < 4.78 is 26.5. The van der Waals surface area contributed by atoms with Crippen LogP contribution in [-0.2, 0) is 14.3 Å². The van der Waals surface area contributed by atoms with Gasteiger partial charge in [-0.25, -0.2) is 0 Å². The van der Waals surface area contributed by atoms with E-state index in [1.807, 2.05) is 0 Å². The van der Waals surface area contributed by atoms with Gasteiger partial charge in [-0.15, -0.1) is 0 Å². The lowest BCUT2D eigenvalue weighted by molar-refractivity contribution is 0.0114. The van der Waals surface area contributed by atoms with E-state index < -0.39 is 10.1 Å². The van der Waals surface area contributed by atoms with Crippen molar-refractivity contribution in [3.8, 4) is 0 Å². The Labute approximate surface area is 91.7 Å². The fourth-order valence-corrected chi connectivity index (χ4v) is 3.07. The van der Waals surface area contributed by atoms with Crippen molar-refractivity contribution in [2.45, 2.75) is 25.7 Å². The molecule has 3 saturated heterocycles. The fourth-order valence-electron chi connectivity index (χ4n) is 2.68. The number of hydrogen-bond donors (Lipinski definition) is 0. The highest BCUT2D eigenvalue weighted by molar-refractivity contribution is 7.85. The van der Waals surface area contributed by atoms with Gasteiger partial charge in [0.05, 0.1) is 12.9 Å². The van der Waals surface area contributed by atoms with Crippen LogP contribution in [0.5, 0.6) is 0 Å². The van der Waals surface area contributed by atoms with E-state index in [2.05, 4.69) is 4.90 Å². The predicted molar refractivity (Wildman–Crippen MR) is 58.1 cm³/mol. The number of hydrogen-bond acceptors (Lipinski definition) is 4. The summed E-state index contributed by atoms with van der Waals surface area (Å²) >= 11 is 0. The van der Waals surface area contributed by atoms with Crippen molar-refractivity contribution >= 4 is 10.1 Å². The predicted octanol–water partition coefficient (Wildman–Crippen LogP) is 0.839. The standard InChI is InChI=1S/C10H19NO3S/c1-15(12,13)14-9-5-10-2-6-11(7-3-10)8-4-10/h2-9H2,1H3. The van der Waals surface area contributed by atoms with Crippen LogP contribution in [0.25, 0.3) is 0 Å². The van der Waals surface area contributed by atoms with Crippen LogP contribution in [0.3, 0.4) is 0 Å². The van der Waals surface area contributed by atoms with Crippen molar-refractivity contribution in [3.63, 3.8) is 0 Å². The van der Waals surface area contributed by atoms with Gasteiger partial charge >= 0.3 is 0 Å². The molecule has 0 aromatic rings. The Morgan fingerprint density at radius 3 is 2.20 bits per heavy atom. The maximum Gasteiger partial charge on any atom is 0.264 e. The quantitative estimate of drug-likeness (QED) is 0.675. The van der Waals surface area contributed by atoms with E-state index in [-0.39, 0.29) is 0 Å². The largest absolute Gasteiger partial charge is 0.303 e. The molecule has 0 saturated carbocycles. The van der Waals surface area contributed by atoms with Crippen LogP contribution in [0.4, 0.5) is 0 Å². The van der Waals surface area contributed by atoms with E-state index in [4.69, 9.17) is 4.18 Å². The molecule has 0 spiro atoms. The van der Waals surface area contributed by atoms with Gasteiger partial charge in [0.15, 0.2) is 0 Å². The first-order valence-electron chi connectivity index (χ1n) is 5.56. The molecule has 5 heteroatoms. The molecule has 3 aliphatic heterocycles. The molecule has 3 aliphatic rings. The molecule has 3 heterocycles. The monoisotopic (exact) mass is 233 g/mol. The second-order valence-corrected chi connectivity index (χ2v) is 6.51. The summed E-state index contributed by atoms with van der Waals surface area (Å²) in [6.45, 7) is 3.90. The molecule has 0 atom stereocenters. The molecule has 3 fully saturated rings. The third kappa shape index (κ3) is 2.92. The van der Waals surface area contributed by atoms with E-state index in [0.717, 1.165) is 12.7 Å².